The van der Waals surface area contributed by atoms with Crippen LogP contribution in [-0.2, 0) is 4.79 Å². The van der Waals surface area contributed by atoms with Crippen LogP contribution >= 0.6 is 23.2 Å². The fourth-order valence-electron chi connectivity index (χ4n) is 1.04. The molecule has 0 aliphatic heterocycles. The van der Waals surface area contributed by atoms with Gasteiger partial charge in [-0.05, 0) is 13.3 Å². The Morgan fingerprint density at radius 3 is 2.53 bits per heavy atom. The second-order valence-electron chi connectivity index (χ2n) is 3.57. The third kappa shape index (κ3) is 4.46. The van der Waals surface area contributed by atoms with E-state index in [-0.39, 0.29) is 34.5 Å². The molecule has 0 saturated carbocycles. The smallest absolute Gasteiger partial charge is 0.238 e. The average molecular weight is 277 g/mol. The van der Waals surface area contributed by atoms with Gasteiger partial charge in [0.25, 0.3) is 0 Å². The van der Waals surface area contributed by atoms with Gasteiger partial charge in [-0.3, -0.25) is 4.79 Å². The van der Waals surface area contributed by atoms with E-state index in [4.69, 9.17) is 23.2 Å². The zero-order chi connectivity index (χ0) is 12.8. The molecule has 1 aromatic rings. The van der Waals surface area contributed by atoms with Crippen LogP contribution in [0.2, 0.25) is 10.3 Å². The van der Waals surface area contributed by atoms with Crippen molar-refractivity contribution in [1.82, 2.24) is 15.3 Å². The van der Waals surface area contributed by atoms with Gasteiger partial charge in [-0.2, -0.15) is 0 Å². The number of amides is 1. The predicted octanol–water partition coefficient (Wildman–Crippen LogP) is 2.11. The van der Waals surface area contributed by atoms with Gasteiger partial charge >= 0.3 is 0 Å². The van der Waals surface area contributed by atoms with Crippen molar-refractivity contribution in [2.45, 2.75) is 26.3 Å². The summed E-state index contributed by atoms with van der Waals surface area (Å²) in [4.78, 5) is 19.1. The van der Waals surface area contributed by atoms with Crippen LogP contribution in [0.5, 0.6) is 0 Å². The third-order valence-electron chi connectivity index (χ3n) is 2.24. The molecule has 7 heteroatoms. The molecule has 1 unspecified atom stereocenters. The van der Waals surface area contributed by atoms with Gasteiger partial charge < -0.3 is 10.6 Å². The molecule has 1 heterocycles. The van der Waals surface area contributed by atoms with E-state index in [9.17, 15) is 4.79 Å². The topological polar surface area (TPSA) is 66.9 Å². The number of anilines is 1. The Bertz CT molecular complexity index is 380. The van der Waals surface area contributed by atoms with Crippen LogP contribution in [0.1, 0.15) is 20.3 Å². The van der Waals surface area contributed by atoms with Crippen LogP contribution < -0.4 is 10.6 Å². The molecule has 0 aliphatic carbocycles. The number of rotatable bonds is 5. The van der Waals surface area contributed by atoms with E-state index in [0.29, 0.717) is 0 Å². The summed E-state index contributed by atoms with van der Waals surface area (Å²) in [6.45, 7) is 4.23. The Balaban J connectivity index is 2.56. The largest absolute Gasteiger partial charge is 0.320 e. The summed E-state index contributed by atoms with van der Waals surface area (Å²) in [5.74, 6) is -0.232. The van der Waals surface area contributed by atoms with E-state index in [1.54, 1.807) is 0 Å². The van der Waals surface area contributed by atoms with E-state index >= 15 is 0 Å². The Hall–Kier alpha value is -0.910. The molecule has 1 amide bonds. The second-order valence-corrected chi connectivity index (χ2v) is 4.28. The van der Waals surface area contributed by atoms with Gasteiger partial charge in [-0.1, -0.05) is 30.1 Å². The lowest BCUT2D eigenvalue weighted by Gasteiger charge is -2.12. The molecule has 1 aromatic heterocycles. The van der Waals surface area contributed by atoms with Gasteiger partial charge in [0.2, 0.25) is 5.91 Å². The first kappa shape index (κ1) is 14.2. The molecule has 0 saturated heterocycles. The summed E-state index contributed by atoms with van der Waals surface area (Å²) < 4.78 is 0. The molecule has 0 bridgehead atoms. The average Bonchev–Trinajstić information content (AvgIpc) is 2.31. The molecular formula is C10H14Cl2N4O. The molecular weight excluding hydrogens is 263 g/mol. The van der Waals surface area contributed by atoms with Crippen LogP contribution in [0.25, 0.3) is 0 Å². The van der Waals surface area contributed by atoms with Gasteiger partial charge in [-0.15, -0.1) is 0 Å². The van der Waals surface area contributed by atoms with E-state index in [1.165, 1.54) is 6.33 Å². The van der Waals surface area contributed by atoms with Gasteiger partial charge in [0.05, 0.1) is 6.54 Å². The molecule has 1 atom stereocenters. The zero-order valence-corrected chi connectivity index (χ0v) is 11.1. The monoisotopic (exact) mass is 276 g/mol. The maximum absolute atomic E-state index is 11.6. The van der Waals surface area contributed by atoms with Gasteiger partial charge in [-0.25, -0.2) is 9.97 Å². The Labute approximate surface area is 110 Å². The Morgan fingerprint density at radius 2 is 2.00 bits per heavy atom. The van der Waals surface area contributed by atoms with E-state index < -0.39 is 0 Å². The predicted molar refractivity (Wildman–Crippen MR) is 68.4 cm³/mol. The number of hydrogen-bond donors (Lipinski definition) is 2. The van der Waals surface area contributed by atoms with Crippen molar-refractivity contribution in [3.63, 3.8) is 0 Å². The number of nitrogens with one attached hydrogen (secondary N) is 2. The molecule has 0 aliphatic rings. The van der Waals surface area contributed by atoms with Gasteiger partial charge in [0, 0.05) is 6.04 Å². The first-order chi connectivity index (χ1) is 8.04. The van der Waals surface area contributed by atoms with Crippen molar-refractivity contribution >= 4 is 34.8 Å². The van der Waals surface area contributed by atoms with Gasteiger partial charge in [0.15, 0.2) is 10.3 Å². The quantitative estimate of drug-likeness (QED) is 0.809. The fraction of sp³-hybridized carbons (Fsp3) is 0.500. The highest BCUT2D eigenvalue weighted by Gasteiger charge is 2.11. The number of aromatic nitrogens is 2. The summed E-state index contributed by atoms with van der Waals surface area (Å²) in [7, 11) is 0. The lowest BCUT2D eigenvalue weighted by molar-refractivity contribution is -0.115. The molecule has 0 fully saturated rings. The molecule has 17 heavy (non-hydrogen) atoms. The van der Waals surface area contributed by atoms with Crippen molar-refractivity contribution in [2.24, 2.45) is 0 Å². The lowest BCUT2D eigenvalue weighted by Crippen LogP contribution is -2.34. The minimum absolute atomic E-state index is 0.127. The summed E-state index contributed by atoms with van der Waals surface area (Å²) in [5.41, 5.74) is 0.242. The standard InChI is InChI=1S/C10H14Cl2N4O/c1-3-6(2)13-4-7(17)16-8-9(11)14-5-15-10(8)12/h5-6,13H,3-4H2,1-2H3,(H,16,17). The molecule has 0 spiro atoms. The summed E-state index contributed by atoms with van der Waals surface area (Å²) in [6.07, 6.45) is 2.18. The van der Waals surface area contributed by atoms with Crippen molar-refractivity contribution in [1.29, 1.82) is 0 Å². The summed E-state index contributed by atoms with van der Waals surface area (Å²) in [5, 5.41) is 5.87. The highest BCUT2D eigenvalue weighted by molar-refractivity contribution is 6.38. The number of carbonyl (C=O) groups excluding carboxylic acids is 1. The van der Waals surface area contributed by atoms with Crippen molar-refractivity contribution in [3.05, 3.63) is 16.6 Å². The van der Waals surface area contributed by atoms with Crippen molar-refractivity contribution in [3.8, 4) is 0 Å². The van der Waals surface area contributed by atoms with Crippen LogP contribution in [0.15, 0.2) is 6.33 Å². The maximum atomic E-state index is 11.6. The SMILES string of the molecule is CCC(C)NCC(=O)Nc1c(Cl)ncnc1Cl. The molecule has 0 aromatic carbocycles. The third-order valence-corrected chi connectivity index (χ3v) is 2.82. The maximum Gasteiger partial charge on any atom is 0.238 e. The van der Waals surface area contributed by atoms with Crippen LogP contribution in [0.4, 0.5) is 5.69 Å². The van der Waals surface area contributed by atoms with Crippen LogP contribution in [0.3, 0.4) is 0 Å². The molecule has 1 rings (SSSR count). The van der Waals surface area contributed by atoms with E-state index in [0.717, 1.165) is 6.42 Å². The number of halogens is 2. The highest BCUT2D eigenvalue weighted by atomic mass is 35.5. The molecule has 2 N–H and O–H groups in total. The Kier molecular flexibility index (Phi) is 5.61. The zero-order valence-electron chi connectivity index (χ0n) is 9.63. The first-order valence-electron chi connectivity index (χ1n) is 5.23. The minimum Gasteiger partial charge on any atom is -0.320 e. The summed E-state index contributed by atoms with van der Waals surface area (Å²) >= 11 is 11.6. The molecule has 0 radical (unpaired) electrons. The van der Waals surface area contributed by atoms with E-state index in [2.05, 4.69) is 20.6 Å². The van der Waals surface area contributed by atoms with E-state index in [1.807, 2.05) is 13.8 Å². The van der Waals surface area contributed by atoms with Crippen LogP contribution in [-0.4, -0.2) is 28.5 Å². The molecule has 5 nitrogen and oxygen atoms in total. The number of carbonyl (C=O) groups is 1. The normalized spacial score (nSPS) is 12.2. The first-order valence-corrected chi connectivity index (χ1v) is 5.99. The highest BCUT2D eigenvalue weighted by Crippen LogP contribution is 2.25. The fourth-order valence-corrected chi connectivity index (χ4v) is 1.45. The molecule has 94 valence electrons. The van der Waals surface area contributed by atoms with Crippen molar-refractivity contribution in [2.75, 3.05) is 11.9 Å². The second kappa shape index (κ2) is 6.74. The van der Waals surface area contributed by atoms with Crippen molar-refractivity contribution < 1.29 is 4.79 Å². The summed E-state index contributed by atoms with van der Waals surface area (Å²) in [6, 6.07) is 0.277. The lowest BCUT2D eigenvalue weighted by atomic mass is 10.2. The minimum atomic E-state index is -0.232. The Morgan fingerprint density at radius 1 is 1.41 bits per heavy atom. The number of hydrogen-bond acceptors (Lipinski definition) is 4. The number of nitrogens with zero attached hydrogens (tertiary/aromatic N) is 2. The van der Waals surface area contributed by atoms with Crippen LogP contribution in [0, 0.1) is 0 Å². The van der Waals surface area contributed by atoms with Gasteiger partial charge in [0.1, 0.15) is 12.0 Å².